The monoisotopic (exact) mass is 222 g/mol. The summed E-state index contributed by atoms with van der Waals surface area (Å²) in [4.78, 5) is 4.32. The van der Waals surface area contributed by atoms with E-state index in [0.29, 0.717) is 6.04 Å². The van der Waals surface area contributed by atoms with E-state index in [1.54, 1.807) is 12.5 Å². The zero-order valence-electron chi connectivity index (χ0n) is 8.86. The molecule has 2 rings (SSSR count). The molecule has 80 valence electrons. The lowest BCUT2D eigenvalue weighted by molar-refractivity contribution is 0.615. The number of hydrogen-bond donors (Lipinski definition) is 1. The molecule has 1 atom stereocenters. The van der Waals surface area contributed by atoms with Crippen LogP contribution in [0.2, 0.25) is 0 Å². The fraction of sp³-hybridized carbons (Fsp3) is 0.364. The molecule has 1 N–H and O–H groups in total. The normalized spacial score (nSPS) is 12.9. The van der Waals surface area contributed by atoms with Gasteiger partial charge in [-0.15, -0.1) is 0 Å². The van der Waals surface area contributed by atoms with Crippen molar-refractivity contribution < 1.29 is 4.42 Å². The third kappa shape index (κ3) is 2.26. The van der Waals surface area contributed by atoms with Gasteiger partial charge < -0.3 is 9.73 Å². The van der Waals surface area contributed by atoms with Gasteiger partial charge in [0.2, 0.25) is 0 Å². The SMILES string of the molecule is CSCC(C)Nc1nccc2occc12. The van der Waals surface area contributed by atoms with Crippen LogP contribution in [-0.2, 0) is 0 Å². The van der Waals surface area contributed by atoms with Crippen LogP contribution in [0.25, 0.3) is 11.0 Å². The van der Waals surface area contributed by atoms with Crippen LogP contribution in [0, 0.1) is 0 Å². The van der Waals surface area contributed by atoms with Gasteiger partial charge in [-0.2, -0.15) is 11.8 Å². The number of thioether (sulfide) groups is 1. The average Bonchev–Trinajstić information content (AvgIpc) is 2.67. The van der Waals surface area contributed by atoms with Crippen molar-refractivity contribution in [1.29, 1.82) is 0 Å². The Bertz CT molecular complexity index is 441. The third-order valence-electron chi connectivity index (χ3n) is 2.18. The molecule has 0 aliphatic heterocycles. The van der Waals surface area contributed by atoms with Crippen molar-refractivity contribution in [3.8, 4) is 0 Å². The van der Waals surface area contributed by atoms with Crippen LogP contribution in [0.3, 0.4) is 0 Å². The third-order valence-corrected chi connectivity index (χ3v) is 3.01. The Labute approximate surface area is 93.3 Å². The van der Waals surface area contributed by atoms with Crippen LogP contribution >= 0.6 is 11.8 Å². The molecule has 3 nitrogen and oxygen atoms in total. The molecule has 0 aromatic carbocycles. The van der Waals surface area contributed by atoms with Crippen LogP contribution in [0.15, 0.2) is 29.0 Å². The highest BCUT2D eigenvalue weighted by atomic mass is 32.2. The smallest absolute Gasteiger partial charge is 0.139 e. The number of hydrogen-bond acceptors (Lipinski definition) is 4. The van der Waals surface area contributed by atoms with E-state index in [1.165, 1.54) is 0 Å². The van der Waals surface area contributed by atoms with Gasteiger partial charge in [-0.25, -0.2) is 4.98 Å². The second-order valence-corrected chi connectivity index (χ2v) is 4.40. The zero-order valence-corrected chi connectivity index (χ0v) is 9.67. The molecular formula is C11H14N2OS. The van der Waals surface area contributed by atoms with Crippen LogP contribution in [0.5, 0.6) is 0 Å². The van der Waals surface area contributed by atoms with Crippen molar-refractivity contribution in [3.63, 3.8) is 0 Å². The maximum absolute atomic E-state index is 5.31. The molecule has 4 heteroatoms. The molecule has 0 aliphatic carbocycles. The summed E-state index contributed by atoms with van der Waals surface area (Å²) >= 11 is 1.82. The van der Waals surface area contributed by atoms with Gasteiger partial charge in [-0.1, -0.05) is 0 Å². The summed E-state index contributed by atoms with van der Waals surface area (Å²) < 4.78 is 5.31. The molecule has 0 saturated carbocycles. The maximum atomic E-state index is 5.31. The Kier molecular flexibility index (Phi) is 3.16. The first-order valence-corrected chi connectivity index (χ1v) is 6.28. The molecule has 0 fully saturated rings. The standard InChI is InChI=1S/C11H14N2OS/c1-8(7-15-2)13-11-9-4-6-14-10(9)3-5-12-11/h3-6,8H,7H2,1-2H3,(H,12,13). The highest BCUT2D eigenvalue weighted by molar-refractivity contribution is 7.98. The Morgan fingerprint density at radius 3 is 3.20 bits per heavy atom. The van der Waals surface area contributed by atoms with Crippen LogP contribution in [-0.4, -0.2) is 23.0 Å². The van der Waals surface area contributed by atoms with E-state index in [-0.39, 0.29) is 0 Å². The first-order chi connectivity index (χ1) is 7.31. The Hall–Kier alpha value is -1.16. The summed E-state index contributed by atoms with van der Waals surface area (Å²) in [7, 11) is 0. The molecule has 1 unspecified atom stereocenters. The molecule has 15 heavy (non-hydrogen) atoms. The van der Waals surface area contributed by atoms with Gasteiger partial charge in [0.1, 0.15) is 11.4 Å². The lowest BCUT2D eigenvalue weighted by Gasteiger charge is -2.13. The van der Waals surface area contributed by atoms with Crippen molar-refractivity contribution in [2.45, 2.75) is 13.0 Å². The summed E-state index contributed by atoms with van der Waals surface area (Å²) in [5, 5.41) is 4.43. The molecule has 0 bridgehead atoms. The quantitative estimate of drug-likeness (QED) is 0.863. The van der Waals surface area contributed by atoms with Crippen molar-refractivity contribution in [3.05, 3.63) is 24.6 Å². The highest BCUT2D eigenvalue weighted by Gasteiger charge is 2.07. The first-order valence-electron chi connectivity index (χ1n) is 4.89. The molecule has 2 aromatic rings. The lowest BCUT2D eigenvalue weighted by atomic mass is 10.3. The Morgan fingerprint density at radius 2 is 2.40 bits per heavy atom. The number of nitrogens with zero attached hydrogens (tertiary/aromatic N) is 1. The van der Waals surface area contributed by atoms with E-state index in [1.807, 2.05) is 23.9 Å². The number of rotatable bonds is 4. The number of fused-ring (bicyclic) bond motifs is 1. The zero-order chi connectivity index (χ0) is 10.7. The van der Waals surface area contributed by atoms with E-state index in [4.69, 9.17) is 4.42 Å². The minimum Gasteiger partial charge on any atom is -0.464 e. The number of furan rings is 1. The van der Waals surface area contributed by atoms with Gasteiger partial charge in [0.05, 0.1) is 11.6 Å². The summed E-state index contributed by atoms with van der Waals surface area (Å²) in [6.07, 6.45) is 5.56. The van der Waals surface area contributed by atoms with E-state index in [0.717, 1.165) is 22.5 Å². The number of anilines is 1. The minimum atomic E-state index is 0.410. The molecule has 0 radical (unpaired) electrons. The van der Waals surface area contributed by atoms with E-state index < -0.39 is 0 Å². The fourth-order valence-corrected chi connectivity index (χ4v) is 2.12. The van der Waals surface area contributed by atoms with Gasteiger partial charge in [0.25, 0.3) is 0 Å². The number of nitrogens with one attached hydrogen (secondary N) is 1. The predicted molar refractivity (Wildman–Crippen MR) is 65.5 cm³/mol. The summed E-state index contributed by atoms with van der Waals surface area (Å²) in [6, 6.07) is 4.23. The van der Waals surface area contributed by atoms with Gasteiger partial charge in [0, 0.05) is 18.0 Å². The largest absolute Gasteiger partial charge is 0.464 e. The molecular weight excluding hydrogens is 208 g/mol. The Morgan fingerprint density at radius 1 is 1.53 bits per heavy atom. The predicted octanol–water partition coefficient (Wildman–Crippen LogP) is 2.99. The van der Waals surface area contributed by atoms with Crippen LogP contribution in [0.1, 0.15) is 6.92 Å². The van der Waals surface area contributed by atoms with Crippen molar-refractivity contribution in [2.75, 3.05) is 17.3 Å². The summed E-state index contributed by atoms with van der Waals surface area (Å²) in [5.41, 5.74) is 0.879. The summed E-state index contributed by atoms with van der Waals surface area (Å²) in [5.74, 6) is 1.97. The lowest BCUT2D eigenvalue weighted by Crippen LogP contribution is -2.18. The van der Waals surface area contributed by atoms with Gasteiger partial charge in [0.15, 0.2) is 0 Å². The molecule has 0 saturated heterocycles. The topological polar surface area (TPSA) is 38.1 Å². The van der Waals surface area contributed by atoms with Gasteiger partial charge in [-0.05, 0) is 25.3 Å². The van der Waals surface area contributed by atoms with Gasteiger partial charge >= 0.3 is 0 Å². The Balaban J connectivity index is 2.23. The van der Waals surface area contributed by atoms with E-state index in [2.05, 4.69) is 23.5 Å². The molecule has 0 amide bonds. The van der Waals surface area contributed by atoms with E-state index >= 15 is 0 Å². The second-order valence-electron chi connectivity index (χ2n) is 3.49. The molecule has 0 aliphatic rings. The first kappa shape index (κ1) is 10.4. The average molecular weight is 222 g/mol. The second kappa shape index (κ2) is 4.57. The summed E-state index contributed by atoms with van der Waals surface area (Å²) in [6.45, 7) is 2.15. The van der Waals surface area contributed by atoms with Gasteiger partial charge in [-0.3, -0.25) is 0 Å². The number of aromatic nitrogens is 1. The van der Waals surface area contributed by atoms with Crippen molar-refractivity contribution in [1.82, 2.24) is 4.98 Å². The fourth-order valence-electron chi connectivity index (χ4n) is 1.53. The molecule has 2 aromatic heterocycles. The molecule has 0 spiro atoms. The highest BCUT2D eigenvalue weighted by Crippen LogP contribution is 2.22. The van der Waals surface area contributed by atoms with Crippen molar-refractivity contribution >= 4 is 28.5 Å². The van der Waals surface area contributed by atoms with E-state index in [9.17, 15) is 0 Å². The van der Waals surface area contributed by atoms with Crippen molar-refractivity contribution in [2.24, 2.45) is 0 Å². The van der Waals surface area contributed by atoms with Crippen LogP contribution in [0.4, 0.5) is 5.82 Å². The molecule has 2 heterocycles. The van der Waals surface area contributed by atoms with Crippen LogP contribution < -0.4 is 5.32 Å². The number of pyridine rings is 1. The minimum absolute atomic E-state index is 0.410. The maximum Gasteiger partial charge on any atom is 0.139 e.